The minimum Gasteiger partial charge on any atom is -0.497 e. The predicted octanol–water partition coefficient (Wildman–Crippen LogP) is 3.36. The second-order valence-electron chi connectivity index (χ2n) is 4.09. The molecule has 3 nitrogen and oxygen atoms in total. The third kappa shape index (κ3) is 3.72. The van der Waals surface area contributed by atoms with E-state index in [1.54, 1.807) is 19.2 Å². The molecule has 1 amide bonds. The van der Waals surface area contributed by atoms with E-state index in [0.717, 1.165) is 6.42 Å². The molecule has 0 bridgehead atoms. The van der Waals surface area contributed by atoms with E-state index in [4.69, 9.17) is 4.74 Å². The van der Waals surface area contributed by atoms with Crippen LogP contribution in [0.1, 0.15) is 23.7 Å². The molecule has 0 aliphatic carbocycles. The van der Waals surface area contributed by atoms with E-state index < -0.39 is 0 Å². The van der Waals surface area contributed by atoms with Crippen LogP contribution < -0.4 is 10.1 Å². The van der Waals surface area contributed by atoms with Crippen LogP contribution in [0.5, 0.6) is 5.75 Å². The number of rotatable bonds is 6. The van der Waals surface area contributed by atoms with Crippen molar-refractivity contribution in [2.45, 2.75) is 18.9 Å². The normalized spacial score (nSPS) is 11.1. The van der Waals surface area contributed by atoms with Crippen molar-refractivity contribution < 1.29 is 9.53 Å². The van der Waals surface area contributed by atoms with Gasteiger partial charge in [-0.05, 0) is 24.6 Å². The molecule has 0 fully saturated rings. The summed E-state index contributed by atoms with van der Waals surface area (Å²) in [5, 5.41) is 4.47. The van der Waals surface area contributed by atoms with Gasteiger partial charge in [0.2, 0.25) is 0 Å². The molecule has 1 N–H and O–H groups in total. The SMILES string of the molecule is CCC(CBr)(CBr)NC(=O)c1cccc(OC)c1. The van der Waals surface area contributed by atoms with E-state index in [9.17, 15) is 4.79 Å². The number of carbonyl (C=O) groups excluding carboxylic acids is 1. The van der Waals surface area contributed by atoms with Gasteiger partial charge in [0.25, 0.3) is 5.91 Å². The highest BCUT2D eigenvalue weighted by Crippen LogP contribution is 2.19. The molecule has 1 rings (SSSR count). The smallest absolute Gasteiger partial charge is 0.251 e. The minimum atomic E-state index is -0.264. The third-order valence-corrected chi connectivity index (χ3v) is 5.05. The van der Waals surface area contributed by atoms with Crippen LogP contribution in [0.25, 0.3) is 0 Å². The van der Waals surface area contributed by atoms with Gasteiger partial charge in [-0.3, -0.25) is 4.79 Å². The molecule has 0 saturated carbocycles. The summed E-state index contributed by atoms with van der Waals surface area (Å²) in [6.07, 6.45) is 0.846. The lowest BCUT2D eigenvalue weighted by Gasteiger charge is -2.30. The van der Waals surface area contributed by atoms with E-state index >= 15 is 0 Å². The number of alkyl halides is 2. The topological polar surface area (TPSA) is 38.3 Å². The molecule has 5 heteroatoms. The highest BCUT2D eigenvalue weighted by atomic mass is 79.9. The summed E-state index contributed by atoms with van der Waals surface area (Å²) < 4.78 is 5.12. The standard InChI is InChI=1S/C13H17Br2NO2/c1-3-13(8-14,9-15)16-12(17)10-5-4-6-11(7-10)18-2/h4-7H,3,8-9H2,1-2H3,(H,16,17). The zero-order valence-corrected chi connectivity index (χ0v) is 13.7. The van der Waals surface area contributed by atoms with Gasteiger partial charge in [0, 0.05) is 16.2 Å². The van der Waals surface area contributed by atoms with Crippen LogP contribution in [0.2, 0.25) is 0 Å². The van der Waals surface area contributed by atoms with E-state index in [2.05, 4.69) is 37.2 Å². The number of carbonyl (C=O) groups is 1. The lowest BCUT2D eigenvalue weighted by molar-refractivity contribution is 0.0915. The Labute approximate surface area is 125 Å². The molecule has 0 heterocycles. The van der Waals surface area contributed by atoms with E-state index in [1.165, 1.54) is 0 Å². The molecule has 1 aromatic rings. The van der Waals surface area contributed by atoms with Crippen LogP contribution in [0.15, 0.2) is 24.3 Å². The molecule has 100 valence electrons. The van der Waals surface area contributed by atoms with Gasteiger partial charge < -0.3 is 10.1 Å². The number of nitrogens with one attached hydrogen (secondary N) is 1. The Morgan fingerprint density at radius 1 is 1.39 bits per heavy atom. The summed E-state index contributed by atoms with van der Waals surface area (Å²) in [6, 6.07) is 7.14. The van der Waals surface area contributed by atoms with E-state index in [-0.39, 0.29) is 11.4 Å². The first-order valence-electron chi connectivity index (χ1n) is 5.69. The Morgan fingerprint density at radius 3 is 2.56 bits per heavy atom. The molecule has 0 atom stereocenters. The molecule has 0 unspecified atom stereocenters. The Bertz CT molecular complexity index is 397. The lowest BCUT2D eigenvalue weighted by Crippen LogP contribution is -2.51. The zero-order chi connectivity index (χ0) is 13.6. The Balaban J connectivity index is 2.86. The molecule has 1 aromatic carbocycles. The van der Waals surface area contributed by atoms with Crippen molar-refractivity contribution in [3.05, 3.63) is 29.8 Å². The summed E-state index contributed by atoms with van der Waals surface area (Å²) in [4.78, 5) is 12.2. The van der Waals surface area contributed by atoms with Crippen LogP contribution >= 0.6 is 31.9 Å². The van der Waals surface area contributed by atoms with Crippen LogP contribution in [0, 0.1) is 0 Å². The molecule has 0 saturated heterocycles. The summed E-state index contributed by atoms with van der Waals surface area (Å²) in [7, 11) is 1.59. The maximum atomic E-state index is 12.2. The third-order valence-electron chi connectivity index (χ3n) is 2.90. The summed E-state index contributed by atoms with van der Waals surface area (Å²) in [6.45, 7) is 2.05. The number of hydrogen-bond donors (Lipinski definition) is 1. The van der Waals surface area contributed by atoms with Crippen LogP contribution in [0.3, 0.4) is 0 Å². The van der Waals surface area contributed by atoms with Gasteiger partial charge in [0.15, 0.2) is 0 Å². The van der Waals surface area contributed by atoms with Gasteiger partial charge in [0.1, 0.15) is 5.75 Å². The van der Waals surface area contributed by atoms with Crippen molar-refractivity contribution in [1.29, 1.82) is 0 Å². The van der Waals surface area contributed by atoms with Crippen molar-refractivity contribution in [2.24, 2.45) is 0 Å². The average Bonchev–Trinajstić information content (AvgIpc) is 2.44. The van der Waals surface area contributed by atoms with Crippen LogP contribution in [0.4, 0.5) is 0 Å². The number of benzene rings is 1. The number of hydrogen-bond acceptors (Lipinski definition) is 2. The van der Waals surface area contributed by atoms with Gasteiger partial charge in [-0.25, -0.2) is 0 Å². The molecule has 0 aliphatic rings. The van der Waals surface area contributed by atoms with Gasteiger partial charge in [0.05, 0.1) is 12.6 Å². The van der Waals surface area contributed by atoms with Gasteiger partial charge >= 0.3 is 0 Å². The fourth-order valence-electron chi connectivity index (χ4n) is 1.46. The van der Waals surface area contributed by atoms with E-state index in [1.807, 2.05) is 19.1 Å². The Morgan fingerprint density at radius 2 is 2.06 bits per heavy atom. The summed E-state index contributed by atoms with van der Waals surface area (Å²) in [5.41, 5.74) is 0.342. The second-order valence-corrected chi connectivity index (χ2v) is 5.21. The van der Waals surface area contributed by atoms with Crippen LogP contribution in [-0.2, 0) is 0 Å². The Kier molecular flexibility index (Phi) is 6.15. The molecule has 0 spiro atoms. The largest absolute Gasteiger partial charge is 0.497 e. The highest BCUT2D eigenvalue weighted by molar-refractivity contribution is 9.09. The van der Waals surface area contributed by atoms with E-state index in [0.29, 0.717) is 22.0 Å². The van der Waals surface area contributed by atoms with Crippen molar-refractivity contribution in [3.8, 4) is 5.75 Å². The maximum absolute atomic E-state index is 12.2. The fourth-order valence-corrected chi connectivity index (χ4v) is 3.46. The zero-order valence-electron chi connectivity index (χ0n) is 10.5. The predicted molar refractivity (Wildman–Crippen MR) is 81.1 cm³/mol. The average molecular weight is 379 g/mol. The fraction of sp³-hybridized carbons (Fsp3) is 0.462. The molecule has 0 radical (unpaired) electrons. The van der Waals surface area contributed by atoms with Crippen molar-refractivity contribution >= 4 is 37.8 Å². The molecular formula is C13H17Br2NO2. The van der Waals surface area contributed by atoms with Crippen molar-refractivity contribution in [3.63, 3.8) is 0 Å². The maximum Gasteiger partial charge on any atom is 0.251 e. The number of ether oxygens (including phenoxy) is 1. The van der Waals surface area contributed by atoms with Crippen molar-refractivity contribution in [2.75, 3.05) is 17.8 Å². The first-order chi connectivity index (χ1) is 8.60. The minimum absolute atomic E-state index is 0.0883. The summed E-state index contributed by atoms with van der Waals surface area (Å²) >= 11 is 6.91. The molecule has 18 heavy (non-hydrogen) atoms. The second kappa shape index (κ2) is 7.14. The van der Waals surface area contributed by atoms with Crippen LogP contribution in [-0.4, -0.2) is 29.2 Å². The summed E-state index contributed by atoms with van der Waals surface area (Å²) in [5.74, 6) is 0.595. The van der Waals surface area contributed by atoms with Gasteiger partial charge in [-0.2, -0.15) is 0 Å². The monoisotopic (exact) mass is 377 g/mol. The first kappa shape index (κ1) is 15.5. The quantitative estimate of drug-likeness (QED) is 0.770. The molecular weight excluding hydrogens is 362 g/mol. The number of methoxy groups -OCH3 is 1. The van der Waals surface area contributed by atoms with Crippen molar-refractivity contribution in [1.82, 2.24) is 5.32 Å². The molecule has 0 aliphatic heterocycles. The van der Waals surface area contributed by atoms with Gasteiger partial charge in [-0.1, -0.05) is 44.8 Å². The number of halogens is 2. The Hall–Kier alpha value is -0.550. The molecule has 0 aromatic heterocycles. The first-order valence-corrected chi connectivity index (χ1v) is 7.93. The highest BCUT2D eigenvalue weighted by Gasteiger charge is 2.28. The lowest BCUT2D eigenvalue weighted by atomic mass is 10.0. The number of amides is 1. The van der Waals surface area contributed by atoms with Gasteiger partial charge in [-0.15, -0.1) is 0 Å².